The van der Waals surface area contributed by atoms with Crippen LogP contribution in [0.1, 0.15) is 11.4 Å². The summed E-state index contributed by atoms with van der Waals surface area (Å²) in [6.45, 7) is 2.63. The van der Waals surface area contributed by atoms with Crippen LogP contribution in [0.25, 0.3) is 22.5 Å². The van der Waals surface area contributed by atoms with Crippen LogP contribution in [-0.2, 0) is 16.0 Å². The number of aromatic nitrogens is 3. The number of amides is 1. The minimum absolute atomic E-state index is 0.0719. The molecule has 3 aromatic rings. The topological polar surface area (TPSA) is 84.2 Å². The Morgan fingerprint density at radius 3 is 3.00 bits per heavy atom. The normalized spacial score (nSPS) is 11.1. The van der Waals surface area contributed by atoms with Gasteiger partial charge in [0.1, 0.15) is 12.3 Å². The standard InChI is InChI=1S/C17H20N4O3/c1-11-4-5-13-12(8-11)9-14(18-13)17-19-15(20-24-17)6-7-21(2)16(22)10-23-3/h4-5,8-9,18H,6-7,10H2,1-3H3. The van der Waals surface area contributed by atoms with Gasteiger partial charge in [0.05, 0.1) is 0 Å². The van der Waals surface area contributed by atoms with Crippen molar-refractivity contribution in [2.75, 3.05) is 27.3 Å². The number of aryl methyl sites for hydroxylation is 1. The smallest absolute Gasteiger partial charge is 0.274 e. The summed E-state index contributed by atoms with van der Waals surface area (Å²) in [7, 11) is 3.22. The Kier molecular flexibility index (Phi) is 4.61. The lowest BCUT2D eigenvalue weighted by Gasteiger charge is -2.15. The largest absolute Gasteiger partial charge is 0.375 e. The molecule has 0 aliphatic rings. The van der Waals surface area contributed by atoms with Gasteiger partial charge < -0.3 is 19.1 Å². The van der Waals surface area contributed by atoms with E-state index in [-0.39, 0.29) is 12.5 Å². The Balaban J connectivity index is 1.69. The SMILES string of the molecule is COCC(=O)N(C)CCc1noc(-c2cc3cc(C)ccc3[nH]2)n1. The Bertz CT molecular complexity index is 853. The van der Waals surface area contributed by atoms with E-state index in [0.717, 1.165) is 16.6 Å². The number of aromatic amines is 1. The van der Waals surface area contributed by atoms with E-state index in [9.17, 15) is 4.79 Å². The summed E-state index contributed by atoms with van der Waals surface area (Å²) in [6.07, 6.45) is 0.523. The van der Waals surface area contributed by atoms with E-state index in [2.05, 4.69) is 34.2 Å². The van der Waals surface area contributed by atoms with Crippen molar-refractivity contribution in [2.24, 2.45) is 0 Å². The van der Waals surface area contributed by atoms with Crippen molar-refractivity contribution in [1.82, 2.24) is 20.0 Å². The molecule has 24 heavy (non-hydrogen) atoms. The number of hydrogen-bond acceptors (Lipinski definition) is 5. The van der Waals surface area contributed by atoms with Crippen LogP contribution in [0.15, 0.2) is 28.8 Å². The maximum Gasteiger partial charge on any atom is 0.274 e. The molecule has 2 aromatic heterocycles. The molecule has 126 valence electrons. The molecule has 0 aliphatic carbocycles. The number of likely N-dealkylation sites (N-methyl/N-ethyl adjacent to an activating group) is 1. The number of nitrogens with zero attached hydrogens (tertiary/aromatic N) is 3. The fourth-order valence-corrected chi connectivity index (χ4v) is 2.46. The number of ether oxygens (including phenoxy) is 1. The molecule has 2 heterocycles. The highest BCUT2D eigenvalue weighted by Gasteiger charge is 2.14. The molecular weight excluding hydrogens is 308 g/mol. The highest BCUT2D eigenvalue weighted by Crippen LogP contribution is 2.23. The predicted molar refractivity (Wildman–Crippen MR) is 89.5 cm³/mol. The van der Waals surface area contributed by atoms with Crippen LogP contribution in [0.5, 0.6) is 0 Å². The number of carbonyl (C=O) groups excluding carboxylic acids is 1. The van der Waals surface area contributed by atoms with Gasteiger partial charge in [-0.1, -0.05) is 16.8 Å². The second kappa shape index (κ2) is 6.84. The van der Waals surface area contributed by atoms with Crippen molar-refractivity contribution in [1.29, 1.82) is 0 Å². The number of H-pyrrole nitrogens is 1. The van der Waals surface area contributed by atoms with Gasteiger partial charge in [-0.3, -0.25) is 4.79 Å². The van der Waals surface area contributed by atoms with Crippen molar-refractivity contribution in [3.05, 3.63) is 35.7 Å². The van der Waals surface area contributed by atoms with Crippen molar-refractivity contribution in [2.45, 2.75) is 13.3 Å². The summed E-state index contributed by atoms with van der Waals surface area (Å²) in [5.41, 5.74) is 3.02. The lowest BCUT2D eigenvalue weighted by atomic mass is 10.2. The molecule has 0 saturated carbocycles. The van der Waals surface area contributed by atoms with E-state index in [1.54, 1.807) is 11.9 Å². The lowest BCUT2D eigenvalue weighted by Crippen LogP contribution is -2.31. The second-order valence-corrected chi connectivity index (χ2v) is 5.79. The van der Waals surface area contributed by atoms with Crippen LogP contribution in [-0.4, -0.2) is 53.2 Å². The lowest BCUT2D eigenvalue weighted by molar-refractivity contribution is -0.133. The summed E-state index contributed by atoms with van der Waals surface area (Å²) in [5.74, 6) is 0.939. The predicted octanol–water partition coefficient (Wildman–Crippen LogP) is 2.17. The molecule has 1 N–H and O–H groups in total. The van der Waals surface area contributed by atoms with Crippen molar-refractivity contribution < 1.29 is 14.1 Å². The summed E-state index contributed by atoms with van der Waals surface area (Å²) in [4.78, 5) is 20.9. The van der Waals surface area contributed by atoms with Gasteiger partial charge in [-0.25, -0.2) is 0 Å². The van der Waals surface area contributed by atoms with Gasteiger partial charge in [-0.05, 0) is 25.1 Å². The van der Waals surface area contributed by atoms with E-state index in [1.807, 2.05) is 12.1 Å². The first kappa shape index (κ1) is 16.2. The highest BCUT2D eigenvalue weighted by molar-refractivity contribution is 5.85. The zero-order chi connectivity index (χ0) is 17.1. The number of rotatable bonds is 6. The number of nitrogens with one attached hydrogen (secondary N) is 1. The molecule has 0 bridgehead atoms. The zero-order valence-corrected chi connectivity index (χ0v) is 14.0. The maximum atomic E-state index is 11.6. The number of hydrogen-bond donors (Lipinski definition) is 1. The molecule has 0 fully saturated rings. The highest BCUT2D eigenvalue weighted by atomic mass is 16.5. The van der Waals surface area contributed by atoms with Crippen LogP contribution in [0.4, 0.5) is 0 Å². The summed E-state index contributed by atoms with van der Waals surface area (Å²) in [5, 5.41) is 5.09. The van der Waals surface area contributed by atoms with E-state index in [1.165, 1.54) is 12.7 Å². The van der Waals surface area contributed by atoms with E-state index in [4.69, 9.17) is 9.26 Å². The Morgan fingerprint density at radius 1 is 1.38 bits per heavy atom. The molecule has 3 rings (SSSR count). The average Bonchev–Trinajstić information content (AvgIpc) is 3.18. The maximum absolute atomic E-state index is 11.6. The summed E-state index contributed by atoms with van der Waals surface area (Å²) < 4.78 is 10.2. The van der Waals surface area contributed by atoms with Gasteiger partial charge in [0.15, 0.2) is 5.82 Å². The van der Waals surface area contributed by atoms with Crippen LogP contribution < -0.4 is 0 Å². The first-order valence-corrected chi connectivity index (χ1v) is 7.72. The third-order valence-corrected chi connectivity index (χ3v) is 3.84. The first-order valence-electron chi connectivity index (χ1n) is 7.72. The quantitative estimate of drug-likeness (QED) is 0.750. The van der Waals surface area contributed by atoms with Gasteiger partial charge in [-0.2, -0.15) is 4.98 Å². The molecular formula is C17H20N4O3. The van der Waals surface area contributed by atoms with Crippen molar-refractivity contribution >= 4 is 16.8 Å². The summed E-state index contributed by atoms with van der Waals surface area (Å²) in [6, 6.07) is 8.17. The Labute approximate surface area is 139 Å². The van der Waals surface area contributed by atoms with E-state index >= 15 is 0 Å². The van der Waals surface area contributed by atoms with Gasteiger partial charge >= 0.3 is 0 Å². The summed E-state index contributed by atoms with van der Waals surface area (Å²) >= 11 is 0. The monoisotopic (exact) mass is 328 g/mol. The van der Waals surface area contributed by atoms with Gasteiger partial charge in [0.2, 0.25) is 5.91 Å². The van der Waals surface area contributed by atoms with Gasteiger partial charge in [-0.15, -0.1) is 0 Å². The van der Waals surface area contributed by atoms with Crippen LogP contribution >= 0.6 is 0 Å². The molecule has 0 radical (unpaired) electrons. The average molecular weight is 328 g/mol. The molecule has 0 atom stereocenters. The molecule has 0 saturated heterocycles. The molecule has 0 spiro atoms. The number of fused-ring (bicyclic) bond motifs is 1. The minimum Gasteiger partial charge on any atom is -0.375 e. The minimum atomic E-state index is -0.0767. The molecule has 1 amide bonds. The molecule has 0 unspecified atom stereocenters. The first-order chi connectivity index (χ1) is 11.6. The van der Waals surface area contributed by atoms with Crippen LogP contribution in [0.2, 0.25) is 0 Å². The fraction of sp³-hybridized carbons (Fsp3) is 0.353. The molecule has 0 aliphatic heterocycles. The molecule has 1 aromatic carbocycles. The molecule has 7 nitrogen and oxygen atoms in total. The molecule has 7 heteroatoms. The Hall–Kier alpha value is -2.67. The zero-order valence-electron chi connectivity index (χ0n) is 14.0. The Morgan fingerprint density at radius 2 is 2.21 bits per heavy atom. The van der Waals surface area contributed by atoms with Crippen LogP contribution in [0.3, 0.4) is 0 Å². The fourth-order valence-electron chi connectivity index (χ4n) is 2.46. The van der Waals surface area contributed by atoms with Crippen molar-refractivity contribution in [3.8, 4) is 11.6 Å². The third kappa shape index (κ3) is 3.46. The number of methoxy groups -OCH3 is 1. The van der Waals surface area contributed by atoms with E-state index in [0.29, 0.717) is 24.7 Å². The van der Waals surface area contributed by atoms with Crippen LogP contribution in [0, 0.1) is 6.92 Å². The number of benzene rings is 1. The van der Waals surface area contributed by atoms with Crippen molar-refractivity contribution in [3.63, 3.8) is 0 Å². The van der Waals surface area contributed by atoms with E-state index < -0.39 is 0 Å². The number of carbonyl (C=O) groups is 1. The third-order valence-electron chi connectivity index (χ3n) is 3.84. The van der Waals surface area contributed by atoms with Gasteiger partial charge in [0, 0.05) is 38.0 Å². The second-order valence-electron chi connectivity index (χ2n) is 5.79. The van der Waals surface area contributed by atoms with Gasteiger partial charge in [0.25, 0.3) is 5.89 Å².